The minimum Gasteiger partial charge on any atom is -0.495 e. The third-order valence-corrected chi connectivity index (χ3v) is 4.54. The van der Waals surface area contributed by atoms with Gasteiger partial charge in [0.05, 0.1) is 11.6 Å². The van der Waals surface area contributed by atoms with Gasteiger partial charge in [-0.1, -0.05) is 15.9 Å². The first-order valence-corrected chi connectivity index (χ1v) is 8.12. The molecule has 5 heteroatoms. The topological polar surface area (TPSA) is 24.5 Å². The zero-order valence-electron chi connectivity index (χ0n) is 11.4. The Labute approximate surface area is 132 Å². The van der Waals surface area contributed by atoms with Crippen molar-refractivity contribution in [2.24, 2.45) is 0 Å². The van der Waals surface area contributed by atoms with Crippen molar-refractivity contribution in [3.05, 3.63) is 26.6 Å². The lowest BCUT2D eigenvalue weighted by Gasteiger charge is -2.30. The van der Waals surface area contributed by atoms with Crippen LogP contribution in [0.25, 0.3) is 0 Å². The number of likely N-dealkylation sites (tertiary alicyclic amines) is 1. The third-order valence-electron chi connectivity index (χ3n) is 3.50. The van der Waals surface area contributed by atoms with E-state index in [9.17, 15) is 0 Å². The molecule has 1 aromatic rings. The minimum atomic E-state index is 0.571. The Morgan fingerprint density at radius 1 is 1.42 bits per heavy atom. The van der Waals surface area contributed by atoms with E-state index in [1.807, 2.05) is 6.07 Å². The molecule has 106 valence electrons. The molecule has 0 saturated carbocycles. The van der Waals surface area contributed by atoms with Crippen LogP contribution in [0, 0.1) is 0 Å². The first kappa shape index (κ1) is 15.3. The highest BCUT2D eigenvalue weighted by Gasteiger charge is 2.17. The highest BCUT2D eigenvalue weighted by Crippen LogP contribution is 2.32. The predicted molar refractivity (Wildman–Crippen MR) is 85.8 cm³/mol. The fourth-order valence-corrected chi connectivity index (χ4v) is 4.04. The number of benzene rings is 1. The lowest BCUT2D eigenvalue weighted by Crippen LogP contribution is -2.43. The lowest BCUT2D eigenvalue weighted by molar-refractivity contribution is 0.226. The molecule has 1 N–H and O–H groups in total. The SMILES string of the molecule is COc1c(Br)cc(Br)cc1CNC1CCCN(C)C1. The van der Waals surface area contributed by atoms with E-state index in [0.717, 1.165) is 27.8 Å². The van der Waals surface area contributed by atoms with Gasteiger partial charge in [0.1, 0.15) is 5.75 Å². The number of hydrogen-bond donors (Lipinski definition) is 1. The zero-order chi connectivity index (χ0) is 13.8. The van der Waals surface area contributed by atoms with Crippen LogP contribution in [0.5, 0.6) is 5.75 Å². The highest BCUT2D eigenvalue weighted by atomic mass is 79.9. The fourth-order valence-electron chi connectivity index (χ4n) is 2.56. The van der Waals surface area contributed by atoms with Gasteiger partial charge in [0.15, 0.2) is 0 Å². The second kappa shape index (κ2) is 7.07. The van der Waals surface area contributed by atoms with Crippen LogP contribution in [0.2, 0.25) is 0 Å². The molecule has 0 aromatic heterocycles. The standard InChI is InChI=1S/C14H20Br2N2O/c1-18-5-3-4-12(9-18)17-8-10-6-11(15)7-13(16)14(10)19-2/h6-7,12,17H,3-5,8-9H2,1-2H3. The number of methoxy groups -OCH3 is 1. The molecule has 0 spiro atoms. The van der Waals surface area contributed by atoms with E-state index in [-0.39, 0.29) is 0 Å². The van der Waals surface area contributed by atoms with Crippen LogP contribution in [0.15, 0.2) is 21.1 Å². The van der Waals surface area contributed by atoms with Crippen molar-refractivity contribution in [1.82, 2.24) is 10.2 Å². The molecule has 1 atom stereocenters. The molecule has 2 rings (SSSR count). The first-order chi connectivity index (χ1) is 9.10. The normalized spacial score (nSPS) is 20.5. The molecule has 1 unspecified atom stereocenters. The van der Waals surface area contributed by atoms with E-state index < -0.39 is 0 Å². The number of ether oxygens (including phenoxy) is 1. The summed E-state index contributed by atoms with van der Waals surface area (Å²) in [6, 6.07) is 4.70. The molecule has 19 heavy (non-hydrogen) atoms. The summed E-state index contributed by atoms with van der Waals surface area (Å²) < 4.78 is 7.53. The van der Waals surface area contributed by atoms with Crippen molar-refractivity contribution in [3.63, 3.8) is 0 Å². The second-order valence-electron chi connectivity index (χ2n) is 5.06. The number of hydrogen-bond acceptors (Lipinski definition) is 3. The Hall–Kier alpha value is -0.100. The van der Waals surface area contributed by atoms with Crippen LogP contribution in [0.4, 0.5) is 0 Å². The predicted octanol–water partition coefficient (Wildman–Crippen LogP) is 3.40. The molecule has 1 aromatic carbocycles. The van der Waals surface area contributed by atoms with Crippen molar-refractivity contribution in [2.45, 2.75) is 25.4 Å². The Morgan fingerprint density at radius 2 is 2.21 bits per heavy atom. The zero-order valence-corrected chi connectivity index (χ0v) is 14.6. The molecule has 1 heterocycles. The van der Waals surface area contributed by atoms with Crippen molar-refractivity contribution >= 4 is 31.9 Å². The average molecular weight is 392 g/mol. The maximum atomic E-state index is 5.47. The van der Waals surface area contributed by atoms with Crippen molar-refractivity contribution in [1.29, 1.82) is 0 Å². The van der Waals surface area contributed by atoms with Crippen LogP contribution in [0.3, 0.4) is 0 Å². The van der Waals surface area contributed by atoms with E-state index in [1.165, 1.54) is 24.9 Å². The summed E-state index contributed by atoms with van der Waals surface area (Å²) >= 11 is 7.07. The van der Waals surface area contributed by atoms with Gasteiger partial charge in [0.2, 0.25) is 0 Å². The maximum absolute atomic E-state index is 5.47. The molecule has 0 amide bonds. The fraction of sp³-hybridized carbons (Fsp3) is 0.571. The van der Waals surface area contributed by atoms with Gasteiger partial charge in [-0.2, -0.15) is 0 Å². The van der Waals surface area contributed by atoms with E-state index in [1.54, 1.807) is 7.11 Å². The average Bonchev–Trinajstić information content (AvgIpc) is 2.36. The summed E-state index contributed by atoms with van der Waals surface area (Å²) in [7, 11) is 3.90. The van der Waals surface area contributed by atoms with Gasteiger partial charge in [0, 0.05) is 29.2 Å². The number of halogens is 2. The molecule has 1 aliphatic rings. The van der Waals surface area contributed by atoms with Crippen molar-refractivity contribution in [2.75, 3.05) is 27.2 Å². The Morgan fingerprint density at radius 3 is 2.89 bits per heavy atom. The summed E-state index contributed by atoms with van der Waals surface area (Å²) in [5, 5.41) is 3.63. The van der Waals surface area contributed by atoms with Crippen LogP contribution in [0.1, 0.15) is 18.4 Å². The molecular weight excluding hydrogens is 372 g/mol. The third kappa shape index (κ3) is 4.18. The summed E-state index contributed by atoms with van der Waals surface area (Å²) in [6.07, 6.45) is 2.52. The molecule has 0 aliphatic carbocycles. The molecule has 0 radical (unpaired) electrons. The lowest BCUT2D eigenvalue weighted by atomic mass is 10.1. The van der Waals surface area contributed by atoms with Gasteiger partial charge in [0.25, 0.3) is 0 Å². The van der Waals surface area contributed by atoms with E-state index >= 15 is 0 Å². The van der Waals surface area contributed by atoms with E-state index in [4.69, 9.17) is 4.74 Å². The molecule has 1 aliphatic heterocycles. The molecule has 1 saturated heterocycles. The monoisotopic (exact) mass is 390 g/mol. The number of nitrogens with one attached hydrogen (secondary N) is 1. The van der Waals surface area contributed by atoms with Crippen molar-refractivity contribution < 1.29 is 4.74 Å². The maximum Gasteiger partial charge on any atom is 0.137 e. The molecule has 3 nitrogen and oxygen atoms in total. The van der Waals surface area contributed by atoms with Crippen LogP contribution in [-0.2, 0) is 6.54 Å². The summed E-state index contributed by atoms with van der Waals surface area (Å²) in [4.78, 5) is 2.38. The van der Waals surface area contributed by atoms with Gasteiger partial charge < -0.3 is 15.0 Å². The second-order valence-corrected chi connectivity index (χ2v) is 6.83. The first-order valence-electron chi connectivity index (χ1n) is 6.54. The quantitative estimate of drug-likeness (QED) is 0.851. The van der Waals surface area contributed by atoms with Gasteiger partial charge in [-0.25, -0.2) is 0 Å². The molecular formula is C14H20Br2N2O. The highest BCUT2D eigenvalue weighted by molar-refractivity contribution is 9.11. The molecule has 0 bridgehead atoms. The van der Waals surface area contributed by atoms with Crippen LogP contribution in [-0.4, -0.2) is 38.2 Å². The van der Waals surface area contributed by atoms with Gasteiger partial charge in [-0.15, -0.1) is 0 Å². The Balaban J connectivity index is 2.02. The van der Waals surface area contributed by atoms with Gasteiger partial charge in [-0.3, -0.25) is 0 Å². The number of nitrogens with zero attached hydrogens (tertiary/aromatic N) is 1. The van der Waals surface area contributed by atoms with E-state index in [0.29, 0.717) is 6.04 Å². The van der Waals surface area contributed by atoms with Gasteiger partial charge in [-0.05, 0) is 54.5 Å². The number of rotatable bonds is 4. The Kier molecular flexibility index (Phi) is 5.69. The smallest absolute Gasteiger partial charge is 0.137 e. The Bertz CT molecular complexity index is 440. The number of likely N-dealkylation sites (N-methyl/N-ethyl adjacent to an activating group) is 1. The summed E-state index contributed by atoms with van der Waals surface area (Å²) in [5.74, 6) is 0.917. The number of piperidine rings is 1. The van der Waals surface area contributed by atoms with Crippen LogP contribution >= 0.6 is 31.9 Å². The van der Waals surface area contributed by atoms with Crippen LogP contribution < -0.4 is 10.1 Å². The van der Waals surface area contributed by atoms with Gasteiger partial charge >= 0.3 is 0 Å². The van der Waals surface area contributed by atoms with Crippen molar-refractivity contribution in [3.8, 4) is 5.75 Å². The minimum absolute atomic E-state index is 0.571. The summed E-state index contributed by atoms with van der Waals surface area (Å²) in [5.41, 5.74) is 1.18. The largest absolute Gasteiger partial charge is 0.495 e. The summed E-state index contributed by atoms with van der Waals surface area (Å²) in [6.45, 7) is 3.17. The van der Waals surface area contributed by atoms with E-state index in [2.05, 4.69) is 55.2 Å². The molecule has 1 fully saturated rings.